The highest BCUT2D eigenvalue weighted by molar-refractivity contribution is 6.02. The van der Waals surface area contributed by atoms with Crippen molar-refractivity contribution in [1.29, 1.82) is 0 Å². The van der Waals surface area contributed by atoms with Crippen molar-refractivity contribution in [2.75, 3.05) is 0 Å². The molecule has 1 rings (SSSR count). The normalized spacial score (nSPS) is 14.4. The SMILES string of the molecule is CC[C@](C)(OC(=O)c1ccccc1C(=O)O)C(C)(C)C. The van der Waals surface area contributed by atoms with Gasteiger partial charge in [-0.2, -0.15) is 0 Å². The molecule has 20 heavy (non-hydrogen) atoms. The topological polar surface area (TPSA) is 63.6 Å². The molecule has 0 saturated carbocycles. The van der Waals surface area contributed by atoms with Gasteiger partial charge in [0.05, 0.1) is 11.1 Å². The molecule has 0 amide bonds. The van der Waals surface area contributed by atoms with Gasteiger partial charge in [-0.15, -0.1) is 0 Å². The average Bonchev–Trinajstić information content (AvgIpc) is 2.37. The molecule has 0 saturated heterocycles. The third-order valence-electron chi connectivity index (χ3n) is 3.96. The first kappa shape index (κ1) is 16.2. The molecule has 0 spiro atoms. The van der Waals surface area contributed by atoms with Crippen LogP contribution in [0.1, 0.15) is 61.8 Å². The van der Waals surface area contributed by atoms with Crippen LogP contribution in [-0.4, -0.2) is 22.6 Å². The number of hydrogen-bond donors (Lipinski definition) is 1. The van der Waals surface area contributed by atoms with Crippen molar-refractivity contribution in [3.63, 3.8) is 0 Å². The summed E-state index contributed by atoms with van der Waals surface area (Å²) in [6.45, 7) is 9.79. The quantitative estimate of drug-likeness (QED) is 0.852. The second-order valence-corrected chi connectivity index (χ2v) is 6.07. The molecule has 0 bridgehead atoms. The van der Waals surface area contributed by atoms with E-state index in [-0.39, 0.29) is 16.5 Å². The Hall–Kier alpha value is -1.84. The van der Waals surface area contributed by atoms with Gasteiger partial charge in [-0.25, -0.2) is 9.59 Å². The lowest BCUT2D eigenvalue weighted by atomic mass is 9.76. The molecular formula is C16H22O4. The first-order valence-corrected chi connectivity index (χ1v) is 6.68. The van der Waals surface area contributed by atoms with E-state index in [0.717, 1.165) is 0 Å². The number of carboxylic acid groups (broad SMARTS) is 1. The Morgan fingerprint density at radius 2 is 1.60 bits per heavy atom. The van der Waals surface area contributed by atoms with Crippen LogP contribution in [0.2, 0.25) is 0 Å². The first-order valence-electron chi connectivity index (χ1n) is 6.68. The zero-order chi connectivity index (χ0) is 15.6. The number of esters is 1. The number of aromatic carboxylic acids is 1. The number of hydrogen-bond acceptors (Lipinski definition) is 3. The van der Waals surface area contributed by atoms with E-state index in [0.29, 0.717) is 6.42 Å². The highest BCUT2D eigenvalue weighted by atomic mass is 16.6. The Kier molecular flexibility index (Phi) is 4.58. The molecule has 0 aliphatic heterocycles. The summed E-state index contributed by atoms with van der Waals surface area (Å²) in [6, 6.07) is 6.09. The van der Waals surface area contributed by atoms with Crippen LogP contribution in [0.3, 0.4) is 0 Å². The molecule has 1 atom stereocenters. The Morgan fingerprint density at radius 3 is 2.00 bits per heavy atom. The van der Waals surface area contributed by atoms with Crippen LogP contribution in [0.25, 0.3) is 0 Å². The van der Waals surface area contributed by atoms with Gasteiger partial charge in [0.15, 0.2) is 0 Å². The summed E-state index contributed by atoms with van der Waals surface area (Å²) in [7, 11) is 0. The Bertz CT molecular complexity index is 513. The maximum Gasteiger partial charge on any atom is 0.339 e. The maximum absolute atomic E-state index is 12.3. The summed E-state index contributed by atoms with van der Waals surface area (Å²) >= 11 is 0. The Balaban J connectivity index is 3.12. The van der Waals surface area contributed by atoms with E-state index in [1.54, 1.807) is 12.1 Å². The lowest BCUT2D eigenvalue weighted by molar-refractivity contribution is -0.0695. The molecule has 0 aromatic heterocycles. The summed E-state index contributed by atoms with van der Waals surface area (Å²) in [5.41, 5.74) is -0.848. The van der Waals surface area contributed by atoms with E-state index in [1.165, 1.54) is 12.1 Å². The van der Waals surface area contributed by atoms with Crippen LogP contribution in [-0.2, 0) is 4.74 Å². The van der Waals surface area contributed by atoms with Gasteiger partial charge in [0.2, 0.25) is 0 Å². The number of benzene rings is 1. The highest BCUT2D eigenvalue weighted by Crippen LogP contribution is 2.37. The van der Waals surface area contributed by atoms with Gasteiger partial charge in [0, 0.05) is 5.41 Å². The van der Waals surface area contributed by atoms with Crippen molar-refractivity contribution >= 4 is 11.9 Å². The molecule has 1 aromatic carbocycles. The summed E-state index contributed by atoms with van der Waals surface area (Å²) in [4.78, 5) is 23.5. The van der Waals surface area contributed by atoms with Gasteiger partial charge in [0.25, 0.3) is 0 Å². The number of ether oxygens (including phenoxy) is 1. The largest absolute Gasteiger partial charge is 0.478 e. The van der Waals surface area contributed by atoms with E-state index in [1.807, 2.05) is 34.6 Å². The fraction of sp³-hybridized carbons (Fsp3) is 0.500. The molecule has 0 aliphatic rings. The molecular weight excluding hydrogens is 256 g/mol. The van der Waals surface area contributed by atoms with Crippen molar-refractivity contribution < 1.29 is 19.4 Å². The zero-order valence-electron chi connectivity index (χ0n) is 12.7. The van der Waals surface area contributed by atoms with E-state index in [4.69, 9.17) is 9.84 Å². The second-order valence-electron chi connectivity index (χ2n) is 6.07. The van der Waals surface area contributed by atoms with Gasteiger partial charge >= 0.3 is 11.9 Å². The minimum absolute atomic E-state index is 0.0372. The number of rotatable bonds is 4. The number of carbonyl (C=O) groups is 2. The maximum atomic E-state index is 12.3. The predicted molar refractivity (Wildman–Crippen MR) is 77.0 cm³/mol. The fourth-order valence-corrected chi connectivity index (χ4v) is 1.86. The summed E-state index contributed by atoms with van der Waals surface area (Å²) < 4.78 is 5.63. The Morgan fingerprint density at radius 1 is 1.10 bits per heavy atom. The molecule has 1 aromatic rings. The predicted octanol–water partition coefficient (Wildman–Crippen LogP) is 3.76. The Labute approximate surface area is 119 Å². The highest BCUT2D eigenvalue weighted by Gasteiger charge is 2.40. The van der Waals surface area contributed by atoms with Gasteiger partial charge in [0.1, 0.15) is 5.60 Å². The third kappa shape index (κ3) is 3.18. The molecule has 0 radical (unpaired) electrons. The summed E-state index contributed by atoms with van der Waals surface area (Å²) in [5, 5.41) is 9.12. The third-order valence-corrected chi connectivity index (χ3v) is 3.96. The van der Waals surface area contributed by atoms with Crippen LogP contribution in [0.15, 0.2) is 24.3 Å². The second kappa shape index (κ2) is 5.65. The molecule has 1 N–H and O–H groups in total. The zero-order valence-corrected chi connectivity index (χ0v) is 12.7. The van der Waals surface area contributed by atoms with E-state index in [9.17, 15) is 9.59 Å². The minimum Gasteiger partial charge on any atom is -0.478 e. The van der Waals surface area contributed by atoms with Crippen molar-refractivity contribution in [2.45, 2.75) is 46.6 Å². The van der Waals surface area contributed by atoms with Crippen LogP contribution in [0.5, 0.6) is 0 Å². The van der Waals surface area contributed by atoms with Crippen LogP contribution in [0.4, 0.5) is 0 Å². The molecule has 4 heteroatoms. The van der Waals surface area contributed by atoms with Gasteiger partial charge in [-0.05, 0) is 25.5 Å². The summed E-state index contributed by atoms with van der Waals surface area (Å²) in [5.74, 6) is -1.73. The number of carbonyl (C=O) groups excluding carboxylic acids is 1. The van der Waals surface area contributed by atoms with Gasteiger partial charge in [-0.3, -0.25) is 0 Å². The average molecular weight is 278 g/mol. The summed E-state index contributed by atoms with van der Waals surface area (Å²) in [6.07, 6.45) is 0.650. The van der Waals surface area contributed by atoms with Gasteiger partial charge in [-0.1, -0.05) is 39.8 Å². The van der Waals surface area contributed by atoms with Crippen molar-refractivity contribution in [1.82, 2.24) is 0 Å². The molecule has 4 nitrogen and oxygen atoms in total. The molecule has 0 heterocycles. The van der Waals surface area contributed by atoms with Crippen molar-refractivity contribution in [3.05, 3.63) is 35.4 Å². The standard InChI is InChI=1S/C16H22O4/c1-6-16(5,15(2,3)4)20-14(19)12-10-8-7-9-11(12)13(17)18/h7-10H,6H2,1-5H3,(H,17,18)/t16-/m0/s1. The first-order chi connectivity index (χ1) is 9.12. The lowest BCUT2D eigenvalue weighted by Gasteiger charge is -2.40. The van der Waals surface area contributed by atoms with E-state index < -0.39 is 17.5 Å². The molecule has 110 valence electrons. The van der Waals surface area contributed by atoms with Gasteiger partial charge < -0.3 is 9.84 Å². The molecule has 0 aliphatic carbocycles. The smallest absolute Gasteiger partial charge is 0.339 e. The van der Waals surface area contributed by atoms with E-state index in [2.05, 4.69) is 0 Å². The van der Waals surface area contributed by atoms with E-state index >= 15 is 0 Å². The monoisotopic (exact) mass is 278 g/mol. The fourth-order valence-electron chi connectivity index (χ4n) is 1.86. The number of carboxylic acids is 1. The minimum atomic E-state index is -1.13. The van der Waals surface area contributed by atoms with Crippen LogP contribution >= 0.6 is 0 Å². The van der Waals surface area contributed by atoms with Crippen molar-refractivity contribution in [3.8, 4) is 0 Å². The molecule has 0 unspecified atom stereocenters. The molecule has 0 fully saturated rings. The van der Waals surface area contributed by atoms with Crippen LogP contribution < -0.4 is 0 Å². The van der Waals surface area contributed by atoms with Crippen molar-refractivity contribution in [2.24, 2.45) is 5.41 Å². The lowest BCUT2D eigenvalue weighted by Crippen LogP contribution is -2.43. The van der Waals surface area contributed by atoms with Crippen LogP contribution in [0, 0.1) is 5.41 Å².